The molecule has 1 saturated heterocycles. The lowest BCUT2D eigenvalue weighted by molar-refractivity contribution is 0.0985. The number of rotatable bonds is 9. The van der Waals surface area contributed by atoms with Crippen LogP contribution in [-0.2, 0) is 17.6 Å². The van der Waals surface area contributed by atoms with E-state index in [1.54, 1.807) is 42.6 Å². The van der Waals surface area contributed by atoms with Gasteiger partial charge < -0.3 is 9.64 Å². The van der Waals surface area contributed by atoms with Crippen molar-refractivity contribution in [3.05, 3.63) is 119 Å². The molecule has 1 N–H and O–H groups in total. The van der Waals surface area contributed by atoms with Crippen LogP contribution in [0.2, 0.25) is 0 Å². The molecule has 0 aliphatic carbocycles. The van der Waals surface area contributed by atoms with E-state index in [9.17, 15) is 14.4 Å². The van der Waals surface area contributed by atoms with Crippen LogP contribution in [0.1, 0.15) is 47.8 Å². The van der Waals surface area contributed by atoms with Gasteiger partial charge in [-0.2, -0.15) is 5.10 Å². The number of ether oxygens (including phenoxy) is 1. The second-order valence-corrected chi connectivity index (χ2v) is 9.06. The number of carbonyl (C=O) groups excluding carboxylic acids is 3. The van der Waals surface area contributed by atoms with Crippen molar-refractivity contribution in [1.82, 2.24) is 10.2 Å². The van der Waals surface area contributed by atoms with E-state index in [4.69, 9.17) is 4.74 Å². The highest BCUT2D eigenvalue weighted by Crippen LogP contribution is 2.19. The van der Waals surface area contributed by atoms with Gasteiger partial charge in [-0.1, -0.05) is 48.5 Å². The molecule has 0 bridgehead atoms. The molecule has 5 rings (SSSR count). The highest BCUT2D eigenvalue weighted by Gasteiger charge is 2.14. The Hall–Kier alpha value is -4.36. The third-order valence-corrected chi connectivity index (χ3v) is 6.55. The van der Waals surface area contributed by atoms with Crippen LogP contribution in [-0.4, -0.2) is 53.9 Å². The molecule has 0 radical (unpaired) electrons. The van der Waals surface area contributed by atoms with E-state index >= 15 is 0 Å². The van der Waals surface area contributed by atoms with E-state index in [0.717, 1.165) is 43.1 Å². The number of hydrogen-bond acceptors (Lipinski definition) is 6. The summed E-state index contributed by atoms with van der Waals surface area (Å²) in [5, 5.41) is 6.43. The number of hydrogen-bond donors (Lipinski definition) is 1. The third kappa shape index (κ3) is 5.90. The molecular formula is C30H27N3O4. The maximum Gasteiger partial charge on any atom is 0.193 e. The zero-order valence-corrected chi connectivity index (χ0v) is 20.4. The number of nitrogens with zero attached hydrogens (tertiary/aromatic N) is 2. The molecule has 1 aliphatic heterocycles. The summed E-state index contributed by atoms with van der Waals surface area (Å²) in [7, 11) is 0. The first-order valence-corrected chi connectivity index (χ1v) is 12.3. The number of morpholine rings is 1. The van der Waals surface area contributed by atoms with Gasteiger partial charge in [0.25, 0.3) is 0 Å². The Bertz CT molecular complexity index is 1370. The van der Waals surface area contributed by atoms with Crippen LogP contribution < -0.4 is 4.90 Å². The van der Waals surface area contributed by atoms with Gasteiger partial charge >= 0.3 is 0 Å². The van der Waals surface area contributed by atoms with Gasteiger partial charge in [-0.05, 0) is 35.4 Å². The lowest BCUT2D eigenvalue weighted by Gasteiger charge is -2.28. The molecule has 4 aromatic rings. The number of anilines is 1. The van der Waals surface area contributed by atoms with Crippen molar-refractivity contribution in [2.45, 2.75) is 12.8 Å². The van der Waals surface area contributed by atoms with Crippen LogP contribution in [0.25, 0.3) is 0 Å². The van der Waals surface area contributed by atoms with E-state index in [-0.39, 0.29) is 30.2 Å². The zero-order chi connectivity index (χ0) is 25.6. The standard InChI is InChI=1S/C30H27N3O4/c34-28(23-9-11-27(12-10-23)33-13-15-37-16-14-33)17-21-1-5-24(6-2-21)30(36)25-7-3-22(4-8-25)18-29(35)26-19-31-32-20-26/h1-12,19-20H,13-18H2,(H,31,32). The smallest absolute Gasteiger partial charge is 0.193 e. The van der Waals surface area contributed by atoms with Crippen LogP contribution in [0.4, 0.5) is 5.69 Å². The molecule has 37 heavy (non-hydrogen) atoms. The van der Waals surface area contributed by atoms with Crippen LogP contribution in [0, 0.1) is 0 Å². The van der Waals surface area contributed by atoms with Crippen LogP contribution >= 0.6 is 0 Å². The van der Waals surface area contributed by atoms with E-state index in [1.807, 2.05) is 36.4 Å². The summed E-state index contributed by atoms with van der Waals surface area (Å²) in [5.74, 6) is -0.108. The maximum atomic E-state index is 12.9. The molecule has 0 spiro atoms. The molecule has 2 heterocycles. The molecule has 1 aliphatic rings. The average Bonchev–Trinajstić information content (AvgIpc) is 3.50. The second-order valence-electron chi connectivity index (χ2n) is 9.06. The average molecular weight is 494 g/mol. The molecule has 0 saturated carbocycles. The van der Waals surface area contributed by atoms with Gasteiger partial charge in [0.2, 0.25) is 0 Å². The largest absolute Gasteiger partial charge is 0.378 e. The van der Waals surface area contributed by atoms with Gasteiger partial charge in [-0.25, -0.2) is 0 Å². The lowest BCUT2D eigenvalue weighted by Crippen LogP contribution is -2.36. The molecule has 7 nitrogen and oxygen atoms in total. The molecule has 186 valence electrons. The molecule has 3 aromatic carbocycles. The van der Waals surface area contributed by atoms with Crippen LogP contribution in [0.15, 0.2) is 85.2 Å². The number of aromatic amines is 1. The summed E-state index contributed by atoms with van der Waals surface area (Å²) in [6.07, 6.45) is 3.58. The Labute approximate surface area is 215 Å². The van der Waals surface area contributed by atoms with Crippen LogP contribution in [0.5, 0.6) is 0 Å². The lowest BCUT2D eigenvalue weighted by atomic mass is 9.97. The summed E-state index contributed by atoms with van der Waals surface area (Å²) >= 11 is 0. The summed E-state index contributed by atoms with van der Waals surface area (Å²) in [6, 6.07) is 21.9. The van der Waals surface area contributed by atoms with E-state index in [2.05, 4.69) is 15.1 Å². The van der Waals surface area contributed by atoms with Crippen molar-refractivity contribution in [3.8, 4) is 0 Å². The van der Waals surface area contributed by atoms with Crippen molar-refractivity contribution in [2.75, 3.05) is 31.2 Å². The highest BCUT2D eigenvalue weighted by atomic mass is 16.5. The molecule has 0 atom stereocenters. The van der Waals surface area contributed by atoms with E-state index in [0.29, 0.717) is 22.3 Å². The highest BCUT2D eigenvalue weighted by molar-refractivity contribution is 6.09. The molecule has 0 unspecified atom stereocenters. The second kappa shape index (κ2) is 11.1. The fraction of sp³-hybridized carbons (Fsp3) is 0.200. The van der Waals surface area contributed by atoms with E-state index < -0.39 is 0 Å². The number of H-pyrrole nitrogens is 1. The Balaban J connectivity index is 1.18. The van der Waals surface area contributed by atoms with Crippen molar-refractivity contribution in [2.24, 2.45) is 0 Å². The maximum absolute atomic E-state index is 12.9. The molecule has 7 heteroatoms. The number of carbonyl (C=O) groups is 3. The first kappa shape index (κ1) is 24.3. The number of benzene rings is 3. The van der Waals surface area contributed by atoms with Crippen LogP contribution in [0.3, 0.4) is 0 Å². The fourth-order valence-electron chi connectivity index (χ4n) is 4.37. The first-order valence-electron chi connectivity index (χ1n) is 12.3. The van der Waals surface area contributed by atoms with Gasteiger partial charge in [-0.15, -0.1) is 0 Å². The summed E-state index contributed by atoms with van der Waals surface area (Å²) in [5.41, 5.74) is 5.08. The fourth-order valence-corrected chi connectivity index (χ4v) is 4.37. The Morgan fingerprint density at radius 3 is 1.73 bits per heavy atom. The monoisotopic (exact) mass is 493 g/mol. The number of nitrogens with one attached hydrogen (secondary N) is 1. The minimum atomic E-state index is -0.107. The van der Waals surface area contributed by atoms with Gasteiger partial charge in [0.1, 0.15) is 0 Å². The molecular weight excluding hydrogens is 466 g/mol. The SMILES string of the molecule is O=C(Cc1ccc(C(=O)c2ccc(CC(=O)c3cn[nH]c3)cc2)cc1)c1ccc(N2CCOCC2)cc1. The summed E-state index contributed by atoms with van der Waals surface area (Å²) in [4.78, 5) is 40.2. The minimum absolute atomic E-state index is 0.0353. The minimum Gasteiger partial charge on any atom is -0.378 e. The summed E-state index contributed by atoms with van der Waals surface area (Å²) in [6.45, 7) is 3.15. The number of ketones is 3. The summed E-state index contributed by atoms with van der Waals surface area (Å²) < 4.78 is 5.40. The van der Waals surface area contributed by atoms with Crippen molar-refractivity contribution in [1.29, 1.82) is 0 Å². The van der Waals surface area contributed by atoms with Crippen molar-refractivity contribution >= 4 is 23.0 Å². The van der Waals surface area contributed by atoms with Crippen molar-refractivity contribution in [3.63, 3.8) is 0 Å². The molecule has 0 amide bonds. The molecule has 1 fully saturated rings. The predicted octanol–water partition coefficient (Wildman–Crippen LogP) is 4.33. The quantitative estimate of drug-likeness (QED) is 0.349. The normalized spacial score (nSPS) is 13.4. The van der Waals surface area contributed by atoms with Gasteiger partial charge in [0, 0.05) is 54.5 Å². The number of aromatic nitrogens is 2. The van der Waals surface area contributed by atoms with Crippen molar-refractivity contribution < 1.29 is 19.1 Å². The Morgan fingerprint density at radius 1 is 0.703 bits per heavy atom. The van der Waals surface area contributed by atoms with E-state index in [1.165, 1.54) is 6.20 Å². The Morgan fingerprint density at radius 2 is 1.22 bits per heavy atom. The topological polar surface area (TPSA) is 92.4 Å². The van der Waals surface area contributed by atoms with Gasteiger partial charge in [0.05, 0.1) is 25.0 Å². The zero-order valence-electron chi connectivity index (χ0n) is 20.4. The first-order chi connectivity index (χ1) is 18.1. The third-order valence-electron chi connectivity index (χ3n) is 6.55. The molecule has 1 aromatic heterocycles. The Kier molecular flexibility index (Phi) is 7.33. The number of Topliss-reactive ketones (excluding diaryl/α,β-unsaturated/α-hetero) is 2. The predicted molar refractivity (Wildman–Crippen MR) is 140 cm³/mol. The van der Waals surface area contributed by atoms with Gasteiger partial charge in [0.15, 0.2) is 17.3 Å². The van der Waals surface area contributed by atoms with Gasteiger partial charge in [-0.3, -0.25) is 19.5 Å².